The molecular weight excluding hydrogens is 412 g/mol. The SMILES string of the molecule is CCN(CC)c1ncnc2sc(C(=O)Nc3cc(Cl)c(OC)cc3OC)c(C)c12. The second kappa shape index (κ2) is 8.84. The van der Waals surface area contributed by atoms with Crippen LogP contribution in [0.4, 0.5) is 11.5 Å². The number of halogens is 1. The van der Waals surface area contributed by atoms with Crippen molar-refractivity contribution in [3.63, 3.8) is 0 Å². The second-order valence-electron chi connectivity index (χ2n) is 6.25. The molecule has 7 nitrogen and oxygen atoms in total. The molecule has 29 heavy (non-hydrogen) atoms. The van der Waals surface area contributed by atoms with E-state index in [9.17, 15) is 4.79 Å². The molecule has 0 aliphatic heterocycles. The van der Waals surface area contributed by atoms with Crippen molar-refractivity contribution in [1.82, 2.24) is 9.97 Å². The molecule has 1 aromatic carbocycles. The van der Waals surface area contributed by atoms with Crippen LogP contribution in [0, 0.1) is 6.92 Å². The molecule has 3 aromatic rings. The summed E-state index contributed by atoms with van der Waals surface area (Å²) in [6.45, 7) is 7.71. The van der Waals surface area contributed by atoms with Gasteiger partial charge in [0.1, 0.15) is 28.5 Å². The van der Waals surface area contributed by atoms with Crippen LogP contribution in [0.5, 0.6) is 11.5 Å². The fourth-order valence-corrected chi connectivity index (χ4v) is 4.45. The van der Waals surface area contributed by atoms with E-state index in [-0.39, 0.29) is 5.91 Å². The van der Waals surface area contributed by atoms with E-state index in [0.29, 0.717) is 27.1 Å². The first-order valence-corrected chi connectivity index (χ1v) is 10.4. The third-order valence-corrected chi connectivity index (χ3v) is 6.19. The maximum Gasteiger partial charge on any atom is 0.266 e. The molecule has 0 aliphatic carbocycles. The van der Waals surface area contributed by atoms with Crippen LogP contribution in [0.15, 0.2) is 18.5 Å². The topological polar surface area (TPSA) is 76.6 Å². The van der Waals surface area contributed by atoms with Gasteiger partial charge >= 0.3 is 0 Å². The molecule has 0 bridgehead atoms. The fourth-order valence-electron chi connectivity index (χ4n) is 3.17. The Bertz CT molecular complexity index is 1050. The maximum atomic E-state index is 13.1. The average molecular weight is 435 g/mol. The summed E-state index contributed by atoms with van der Waals surface area (Å²) in [6, 6.07) is 3.25. The minimum Gasteiger partial charge on any atom is -0.495 e. The van der Waals surface area contributed by atoms with Gasteiger partial charge in [0.05, 0.1) is 35.2 Å². The Kier molecular flexibility index (Phi) is 6.44. The van der Waals surface area contributed by atoms with Crippen molar-refractivity contribution in [3.05, 3.63) is 33.9 Å². The van der Waals surface area contributed by atoms with Crippen LogP contribution in [-0.4, -0.2) is 43.2 Å². The number of methoxy groups -OCH3 is 2. The number of benzene rings is 1. The van der Waals surface area contributed by atoms with Gasteiger partial charge in [0, 0.05) is 19.2 Å². The van der Waals surface area contributed by atoms with Gasteiger partial charge < -0.3 is 19.7 Å². The lowest BCUT2D eigenvalue weighted by molar-refractivity contribution is 0.102. The van der Waals surface area contributed by atoms with Gasteiger partial charge in [-0.2, -0.15) is 0 Å². The number of fused-ring (bicyclic) bond motifs is 1. The number of nitrogens with zero attached hydrogens (tertiary/aromatic N) is 3. The summed E-state index contributed by atoms with van der Waals surface area (Å²) in [7, 11) is 3.04. The van der Waals surface area contributed by atoms with E-state index in [1.54, 1.807) is 18.5 Å². The first kappa shape index (κ1) is 21.1. The van der Waals surface area contributed by atoms with Gasteiger partial charge in [-0.3, -0.25) is 4.79 Å². The number of rotatable bonds is 7. The first-order valence-electron chi connectivity index (χ1n) is 9.16. The summed E-state index contributed by atoms with van der Waals surface area (Å²) in [5, 5.41) is 4.18. The minimum absolute atomic E-state index is 0.254. The van der Waals surface area contributed by atoms with E-state index >= 15 is 0 Å². The van der Waals surface area contributed by atoms with E-state index < -0.39 is 0 Å². The first-order chi connectivity index (χ1) is 13.9. The highest BCUT2D eigenvalue weighted by atomic mass is 35.5. The van der Waals surface area contributed by atoms with Crippen molar-refractivity contribution in [2.75, 3.05) is 37.5 Å². The van der Waals surface area contributed by atoms with Gasteiger partial charge in [0.25, 0.3) is 5.91 Å². The lowest BCUT2D eigenvalue weighted by atomic mass is 10.2. The monoisotopic (exact) mass is 434 g/mol. The molecule has 2 heterocycles. The van der Waals surface area contributed by atoms with E-state index in [4.69, 9.17) is 21.1 Å². The smallest absolute Gasteiger partial charge is 0.266 e. The largest absolute Gasteiger partial charge is 0.495 e. The summed E-state index contributed by atoms with van der Waals surface area (Å²) in [5.74, 6) is 1.52. The van der Waals surface area contributed by atoms with Crippen LogP contribution in [0.3, 0.4) is 0 Å². The Morgan fingerprint density at radius 2 is 1.86 bits per heavy atom. The molecular formula is C20H23ClN4O3S. The van der Waals surface area contributed by atoms with Crippen molar-refractivity contribution in [2.24, 2.45) is 0 Å². The highest BCUT2D eigenvalue weighted by Gasteiger charge is 2.22. The van der Waals surface area contributed by atoms with Crippen LogP contribution >= 0.6 is 22.9 Å². The summed E-state index contributed by atoms with van der Waals surface area (Å²) in [5.41, 5.74) is 1.32. The van der Waals surface area contributed by atoms with Gasteiger partial charge in [-0.15, -0.1) is 11.3 Å². The maximum absolute atomic E-state index is 13.1. The Morgan fingerprint density at radius 3 is 2.48 bits per heavy atom. The fraction of sp³-hybridized carbons (Fsp3) is 0.350. The number of thiophene rings is 1. The molecule has 0 saturated heterocycles. The number of carbonyl (C=O) groups is 1. The van der Waals surface area contributed by atoms with Crippen molar-refractivity contribution in [3.8, 4) is 11.5 Å². The number of amides is 1. The highest BCUT2D eigenvalue weighted by Crippen LogP contribution is 2.38. The summed E-state index contributed by atoms with van der Waals surface area (Å²) < 4.78 is 10.6. The predicted molar refractivity (Wildman–Crippen MR) is 118 cm³/mol. The molecule has 0 unspecified atom stereocenters. The Balaban J connectivity index is 2.02. The molecule has 154 valence electrons. The lowest BCUT2D eigenvalue weighted by Gasteiger charge is -2.20. The van der Waals surface area contributed by atoms with Crippen LogP contribution in [0.2, 0.25) is 5.02 Å². The molecule has 2 aromatic heterocycles. The van der Waals surface area contributed by atoms with E-state index in [1.165, 1.54) is 25.6 Å². The van der Waals surface area contributed by atoms with Gasteiger partial charge in [-0.25, -0.2) is 9.97 Å². The number of ether oxygens (including phenoxy) is 2. The van der Waals surface area contributed by atoms with Gasteiger partial charge in [-0.1, -0.05) is 11.6 Å². The molecule has 1 N–H and O–H groups in total. The zero-order valence-corrected chi connectivity index (χ0v) is 18.6. The number of nitrogens with one attached hydrogen (secondary N) is 1. The van der Waals surface area contributed by atoms with Crippen LogP contribution < -0.4 is 19.7 Å². The average Bonchev–Trinajstić information content (AvgIpc) is 3.06. The van der Waals surface area contributed by atoms with E-state index in [1.807, 2.05) is 6.92 Å². The zero-order chi connectivity index (χ0) is 21.1. The molecule has 0 fully saturated rings. The lowest BCUT2D eigenvalue weighted by Crippen LogP contribution is -2.23. The molecule has 0 atom stereocenters. The molecule has 0 saturated carbocycles. The normalized spacial score (nSPS) is 10.8. The predicted octanol–water partition coefficient (Wildman–Crippen LogP) is 4.77. The Morgan fingerprint density at radius 1 is 1.17 bits per heavy atom. The molecule has 0 radical (unpaired) electrons. The summed E-state index contributed by atoms with van der Waals surface area (Å²) in [4.78, 5) is 25.4. The molecule has 0 spiro atoms. The number of hydrogen-bond donors (Lipinski definition) is 1. The third kappa shape index (κ3) is 3.95. The quantitative estimate of drug-likeness (QED) is 0.577. The number of aromatic nitrogens is 2. The summed E-state index contributed by atoms with van der Waals surface area (Å²) >= 11 is 7.56. The molecule has 3 rings (SSSR count). The van der Waals surface area contributed by atoms with Crippen molar-refractivity contribution in [1.29, 1.82) is 0 Å². The third-order valence-electron chi connectivity index (χ3n) is 4.70. The van der Waals surface area contributed by atoms with Crippen LogP contribution in [0.1, 0.15) is 29.1 Å². The Labute approximate surface area is 178 Å². The summed E-state index contributed by atoms with van der Waals surface area (Å²) in [6.07, 6.45) is 1.54. The van der Waals surface area contributed by atoms with Crippen molar-refractivity contribution < 1.29 is 14.3 Å². The van der Waals surface area contributed by atoms with E-state index in [0.717, 1.165) is 34.7 Å². The number of aryl methyl sites for hydroxylation is 1. The van der Waals surface area contributed by atoms with Gasteiger partial charge in [-0.05, 0) is 32.4 Å². The highest BCUT2D eigenvalue weighted by molar-refractivity contribution is 7.20. The standard InChI is InChI=1S/C20H23ClN4O3S/c1-6-25(7-2)18-16-11(3)17(29-20(16)23-10-22-18)19(26)24-13-8-12(21)14(27-4)9-15(13)28-5/h8-10H,6-7H2,1-5H3,(H,24,26). The van der Waals surface area contributed by atoms with E-state index in [2.05, 4.69) is 34.0 Å². The van der Waals surface area contributed by atoms with Crippen LogP contribution in [-0.2, 0) is 0 Å². The van der Waals surface area contributed by atoms with Crippen molar-refractivity contribution in [2.45, 2.75) is 20.8 Å². The molecule has 9 heteroatoms. The second-order valence-corrected chi connectivity index (χ2v) is 7.65. The van der Waals surface area contributed by atoms with Crippen LogP contribution in [0.25, 0.3) is 10.2 Å². The zero-order valence-electron chi connectivity index (χ0n) is 17.0. The Hall–Kier alpha value is -2.58. The number of anilines is 2. The number of hydrogen-bond acceptors (Lipinski definition) is 7. The minimum atomic E-state index is -0.254. The van der Waals surface area contributed by atoms with Gasteiger partial charge in [0.2, 0.25) is 0 Å². The molecule has 0 aliphatic rings. The van der Waals surface area contributed by atoms with Crippen molar-refractivity contribution >= 4 is 50.6 Å². The van der Waals surface area contributed by atoms with Gasteiger partial charge in [0.15, 0.2) is 0 Å². The number of carbonyl (C=O) groups excluding carboxylic acids is 1. The molecule has 1 amide bonds.